The number of ether oxygens (including phenoxy) is 2. The van der Waals surface area contributed by atoms with Crippen molar-refractivity contribution in [3.05, 3.63) is 53.1 Å². The number of fused-ring (bicyclic) bond motifs is 1. The molecule has 1 aliphatic rings. The first kappa shape index (κ1) is 24.5. The molecule has 0 atom stereocenters. The van der Waals surface area contributed by atoms with Crippen LogP contribution >= 0.6 is 23.7 Å². The fraction of sp³-hybridized carbons (Fsp3) is 0.417. The van der Waals surface area contributed by atoms with Crippen LogP contribution in [-0.4, -0.2) is 62.3 Å². The number of benzene rings is 2. The van der Waals surface area contributed by atoms with Crippen LogP contribution in [0.4, 0.5) is 5.13 Å². The van der Waals surface area contributed by atoms with Gasteiger partial charge in [-0.05, 0) is 44.0 Å². The fourth-order valence-corrected chi connectivity index (χ4v) is 4.87. The van der Waals surface area contributed by atoms with E-state index in [1.165, 1.54) is 0 Å². The first-order valence-electron chi connectivity index (χ1n) is 10.7. The van der Waals surface area contributed by atoms with Gasteiger partial charge in [0.2, 0.25) is 0 Å². The molecule has 6 nitrogen and oxygen atoms in total. The summed E-state index contributed by atoms with van der Waals surface area (Å²) >= 11 is 1.55. The molecule has 0 N–H and O–H groups in total. The Morgan fingerprint density at radius 1 is 1.19 bits per heavy atom. The van der Waals surface area contributed by atoms with Crippen LogP contribution in [0.25, 0.3) is 10.2 Å². The zero-order chi connectivity index (χ0) is 21.8. The Balaban J connectivity index is 0.00000289. The molecule has 2 aromatic carbocycles. The van der Waals surface area contributed by atoms with Gasteiger partial charge in [-0.15, -0.1) is 12.4 Å². The highest BCUT2D eigenvalue weighted by Crippen LogP contribution is 2.32. The number of hydrogen-bond donors (Lipinski definition) is 0. The average molecular weight is 476 g/mol. The molecule has 3 aromatic rings. The van der Waals surface area contributed by atoms with Gasteiger partial charge in [-0.1, -0.05) is 29.0 Å². The number of nitrogens with zero attached hydrogens (tertiary/aromatic N) is 3. The van der Waals surface area contributed by atoms with E-state index in [1.807, 2.05) is 49.1 Å². The Hall–Kier alpha value is -2.19. The highest BCUT2D eigenvalue weighted by atomic mass is 35.5. The molecule has 0 radical (unpaired) electrons. The molecular formula is C24H30ClN3O3S. The van der Waals surface area contributed by atoms with Crippen molar-refractivity contribution in [2.45, 2.75) is 20.3 Å². The molecule has 1 fully saturated rings. The maximum atomic E-state index is 13.6. The summed E-state index contributed by atoms with van der Waals surface area (Å²) < 4.78 is 11.8. The van der Waals surface area contributed by atoms with Gasteiger partial charge in [0.05, 0.1) is 30.5 Å². The summed E-state index contributed by atoms with van der Waals surface area (Å²) in [6.45, 7) is 9.07. The third-order valence-corrected chi connectivity index (χ3v) is 6.69. The number of halogens is 1. The molecule has 0 aliphatic carbocycles. The minimum absolute atomic E-state index is 0. The van der Waals surface area contributed by atoms with Crippen LogP contribution in [0.15, 0.2) is 36.4 Å². The predicted octanol–water partition coefficient (Wildman–Crippen LogP) is 4.71. The first-order chi connectivity index (χ1) is 15.0. The van der Waals surface area contributed by atoms with E-state index in [0.717, 1.165) is 77.1 Å². The number of thiazole rings is 1. The molecule has 0 saturated carbocycles. The van der Waals surface area contributed by atoms with Gasteiger partial charge in [0.15, 0.2) is 5.13 Å². The smallest absolute Gasteiger partial charge is 0.260 e. The van der Waals surface area contributed by atoms with E-state index in [9.17, 15) is 4.79 Å². The van der Waals surface area contributed by atoms with E-state index in [4.69, 9.17) is 14.5 Å². The second kappa shape index (κ2) is 11.1. The average Bonchev–Trinajstić information content (AvgIpc) is 3.20. The molecule has 1 aromatic heterocycles. The van der Waals surface area contributed by atoms with Crippen molar-refractivity contribution >= 4 is 45.0 Å². The van der Waals surface area contributed by atoms with Crippen LogP contribution in [0.3, 0.4) is 0 Å². The van der Waals surface area contributed by atoms with Gasteiger partial charge in [-0.3, -0.25) is 14.6 Å². The van der Waals surface area contributed by atoms with Crippen molar-refractivity contribution in [2.24, 2.45) is 0 Å². The summed E-state index contributed by atoms with van der Waals surface area (Å²) in [4.78, 5) is 22.6. The molecule has 172 valence electrons. The number of rotatable bonds is 7. The molecule has 1 aliphatic heterocycles. The summed E-state index contributed by atoms with van der Waals surface area (Å²) in [5.74, 6) is 0.773. The highest BCUT2D eigenvalue weighted by Gasteiger charge is 2.23. The van der Waals surface area contributed by atoms with Crippen LogP contribution < -0.4 is 9.64 Å². The maximum absolute atomic E-state index is 13.6. The van der Waals surface area contributed by atoms with Crippen molar-refractivity contribution in [3.63, 3.8) is 0 Å². The number of morpholine rings is 1. The molecule has 4 rings (SSSR count). The van der Waals surface area contributed by atoms with Gasteiger partial charge in [-0.25, -0.2) is 4.98 Å². The largest absolute Gasteiger partial charge is 0.497 e. The predicted molar refractivity (Wildman–Crippen MR) is 133 cm³/mol. The number of carbonyl (C=O) groups is 1. The fourth-order valence-electron chi connectivity index (χ4n) is 3.90. The lowest BCUT2D eigenvalue weighted by Crippen LogP contribution is -2.39. The van der Waals surface area contributed by atoms with Gasteiger partial charge in [0.25, 0.3) is 5.91 Å². The second-order valence-electron chi connectivity index (χ2n) is 7.91. The highest BCUT2D eigenvalue weighted by molar-refractivity contribution is 7.22. The lowest BCUT2D eigenvalue weighted by atomic mass is 10.0. The minimum atomic E-state index is 0. The third kappa shape index (κ3) is 5.59. The number of aryl methyl sites for hydroxylation is 2. The van der Waals surface area contributed by atoms with Gasteiger partial charge in [-0.2, -0.15) is 0 Å². The lowest BCUT2D eigenvalue weighted by Gasteiger charge is -2.28. The van der Waals surface area contributed by atoms with Crippen LogP contribution in [0.2, 0.25) is 0 Å². The standard InChI is InChI=1S/C24H29N3O3S.ClH/c1-17-5-7-20(18(2)15-17)23(28)27(10-4-9-26-11-13-30-14-12-26)24-25-21-16-19(29-3)6-8-22(21)31-24;/h5-8,15-16H,4,9-14H2,1-3H3;1H. The number of aromatic nitrogens is 1. The summed E-state index contributed by atoms with van der Waals surface area (Å²) in [6, 6.07) is 11.8. The Morgan fingerprint density at radius 2 is 1.97 bits per heavy atom. The Bertz CT molecular complexity index is 1070. The van der Waals surface area contributed by atoms with Gasteiger partial charge >= 0.3 is 0 Å². The summed E-state index contributed by atoms with van der Waals surface area (Å²) in [5, 5.41) is 0.732. The van der Waals surface area contributed by atoms with Gasteiger partial charge < -0.3 is 9.47 Å². The Labute approximate surface area is 199 Å². The minimum Gasteiger partial charge on any atom is -0.497 e. The van der Waals surface area contributed by atoms with Crippen molar-refractivity contribution in [2.75, 3.05) is 51.4 Å². The van der Waals surface area contributed by atoms with Crippen molar-refractivity contribution in [1.82, 2.24) is 9.88 Å². The number of hydrogen-bond acceptors (Lipinski definition) is 6. The van der Waals surface area contributed by atoms with Crippen LogP contribution in [0.1, 0.15) is 27.9 Å². The molecule has 0 bridgehead atoms. The maximum Gasteiger partial charge on any atom is 0.260 e. The zero-order valence-electron chi connectivity index (χ0n) is 18.8. The van der Waals surface area contributed by atoms with E-state index in [0.29, 0.717) is 6.54 Å². The topological polar surface area (TPSA) is 54.9 Å². The summed E-state index contributed by atoms with van der Waals surface area (Å²) in [5.41, 5.74) is 3.73. The zero-order valence-corrected chi connectivity index (χ0v) is 20.4. The van der Waals surface area contributed by atoms with Crippen molar-refractivity contribution in [1.29, 1.82) is 0 Å². The quantitative estimate of drug-likeness (QED) is 0.495. The van der Waals surface area contributed by atoms with E-state index in [2.05, 4.69) is 11.0 Å². The molecular weight excluding hydrogens is 446 g/mol. The number of methoxy groups -OCH3 is 1. The molecule has 0 unspecified atom stereocenters. The molecule has 1 saturated heterocycles. The van der Waals surface area contributed by atoms with Gasteiger partial charge in [0, 0.05) is 37.8 Å². The second-order valence-corrected chi connectivity index (χ2v) is 8.92. The van der Waals surface area contributed by atoms with Crippen molar-refractivity contribution in [3.8, 4) is 5.75 Å². The molecule has 2 heterocycles. The number of amides is 1. The van der Waals surface area contributed by atoms with E-state index in [-0.39, 0.29) is 18.3 Å². The number of anilines is 1. The molecule has 32 heavy (non-hydrogen) atoms. The molecule has 0 spiro atoms. The number of carbonyl (C=O) groups excluding carboxylic acids is 1. The van der Waals surface area contributed by atoms with E-state index < -0.39 is 0 Å². The lowest BCUT2D eigenvalue weighted by molar-refractivity contribution is 0.0376. The first-order valence-corrected chi connectivity index (χ1v) is 11.5. The van der Waals surface area contributed by atoms with E-state index in [1.54, 1.807) is 18.4 Å². The van der Waals surface area contributed by atoms with Gasteiger partial charge in [0.1, 0.15) is 5.75 Å². The molecule has 1 amide bonds. The normalized spacial score (nSPS) is 14.2. The van der Waals surface area contributed by atoms with E-state index >= 15 is 0 Å². The van der Waals surface area contributed by atoms with Crippen LogP contribution in [0.5, 0.6) is 5.75 Å². The third-order valence-electron chi connectivity index (χ3n) is 5.63. The molecule has 8 heteroatoms. The Kier molecular flexibility index (Phi) is 8.48. The Morgan fingerprint density at radius 3 is 2.69 bits per heavy atom. The SMILES string of the molecule is COc1ccc2sc(N(CCCN3CCOCC3)C(=O)c3ccc(C)cc3C)nc2c1.Cl. The summed E-state index contributed by atoms with van der Waals surface area (Å²) in [6.07, 6.45) is 0.885. The van der Waals surface area contributed by atoms with Crippen LogP contribution in [-0.2, 0) is 4.74 Å². The van der Waals surface area contributed by atoms with Crippen molar-refractivity contribution < 1.29 is 14.3 Å². The summed E-state index contributed by atoms with van der Waals surface area (Å²) in [7, 11) is 1.65. The van der Waals surface area contributed by atoms with Crippen LogP contribution in [0, 0.1) is 13.8 Å². The monoisotopic (exact) mass is 475 g/mol.